The molecule has 7 aromatic carbocycles. The van der Waals surface area contributed by atoms with Gasteiger partial charge in [-0.3, -0.25) is 0 Å². The molecule has 9 rings (SSSR count). The lowest BCUT2D eigenvalue weighted by molar-refractivity contribution is 0.668. The molecule has 0 spiro atoms. The van der Waals surface area contributed by atoms with Crippen molar-refractivity contribution >= 4 is 43.5 Å². The lowest BCUT2D eigenvalue weighted by Gasteiger charge is -2.16. The zero-order valence-electron chi connectivity index (χ0n) is 24.9. The highest BCUT2D eigenvalue weighted by Gasteiger charge is 2.21. The van der Waals surface area contributed by atoms with Crippen molar-refractivity contribution in [3.05, 3.63) is 163 Å². The molecule has 2 heterocycles. The molecule has 0 N–H and O–H groups in total. The minimum atomic E-state index is 0.500. The van der Waals surface area contributed by atoms with E-state index < -0.39 is 0 Å². The molecule has 0 saturated heterocycles. The van der Waals surface area contributed by atoms with E-state index in [-0.39, 0.29) is 0 Å². The number of furan rings is 1. The second kappa shape index (κ2) is 10.8. The zero-order chi connectivity index (χ0) is 30.5. The topological polar surface area (TPSA) is 51.8 Å². The maximum Gasteiger partial charge on any atom is 0.163 e. The molecule has 0 aliphatic carbocycles. The predicted octanol–water partition coefficient (Wildman–Crippen LogP) is 10.7. The largest absolute Gasteiger partial charge is 0.456 e. The first-order valence-corrected chi connectivity index (χ1v) is 15.5. The summed E-state index contributed by atoms with van der Waals surface area (Å²) >= 11 is 0. The van der Waals surface area contributed by atoms with Crippen LogP contribution in [0.15, 0.2) is 156 Å². The summed E-state index contributed by atoms with van der Waals surface area (Å²) < 4.78 is 6.41. The van der Waals surface area contributed by atoms with Gasteiger partial charge in [0.15, 0.2) is 11.6 Å². The predicted molar refractivity (Wildman–Crippen MR) is 188 cm³/mol. The highest BCUT2D eigenvalue weighted by Crippen LogP contribution is 2.42. The Morgan fingerprint density at radius 3 is 1.74 bits per heavy atom. The van der Waals surface area contributed by atoms with Crippen molar-refractivity contribution in [1.82, 2.24) is 15.0 Å². The summed E-state index contributed by atoms with van der Waals surface area (Å²) in [7, 11) is 0. The van der Waals surface area contributed by atoms with Crippen molar-refractivity contribution in [3.63, 3.8) is 0 Å². The molecule has 0 bridgehead atoms. The van der Waals surface area contributed by atoms with Gasteiger partial charge in [0.25, 0.3) is 0 Å². The minimum Gasteiger partial charge on any atom is -0.456 e. The van der Waals surface area contributed by atoms with E-state index in [0.29, 0.717) is 23.9 Å². The Labute approximate surface area is 265 Å². The lowest BCUT2D eigenvalue weighted by atomic mass is 9.88. The van der Waals surface area contributed by atoms with Crippen LogP contribution in [0.2, 0.25) is 0 Å². The standard InChI is InChI=1S/C42H27N3O/c1-3-13-27(14-4-1)41-43-39(44-42(45-41)28-15-5-2-6-16-28)26-36-33(23-24-38-40(36)34-21-11-12-22-37(34)46-38)35-25-29-17-7-8-18-30(29)31-19-9-10-20-32(31)35/h1-25H,26H2. The van der Waals surface area contributed by atoms with Crippen LogP contribution in [0.4, 0.5) is 0 Å². The van der Waals surface area contributed by atoms with Gasteiger partial charge in [0.1, 0.15) is 17.0 Å². The number of para-hydroxylation sites is 1. The van der Waals surface area contributed by atoms with Crippen molar-refractivity contribution in [2.24, 2.45) is 0 Å². The molecule has 0 aliphatic heterocycles. The van der Waals surface area contributed by atoms with Crippen LogP contribution in [0.3, 0.4) is 0 Å². The average molecular weight is 590 g/mol. The molecule has 0 radical (unpaired) electrons. The minimum absolute atomic E-state index is 0.500. The fourth-order valence-corrected chi connectivity index (χ4v) is 6.69. The van der Waals surface area contributed by atoms with Gasteiger partial charge in [0, 0.05) is 28.3 Å². The Morgan fingerprint density at radius 2 is 1.02 bits per heavy atom. The molecule has 4 nitrogen and oxygen atoms in total. The third kappa shape index (κ3) is 4.42. The average Bonchev–Trinajstić information content (AvgIpc) is 3.51. The number of fused-ring (bicyclic) bond motifs is 6. The Balaban J connectivity index is 1.34. The summed E-state index contributed by atoms with van der Waals surface area (Å²) in [5.74, 6) is 2.02. The van der Waals surface area contributed by atoms with Gasteiger partial charge in [-0.25, -0.2) is 15.0 Å². The van der Waals surface area contributed by atoms with Crippen molar-refractivity contribution in [3.8, 4) is 33.9 Å². The van der Waals surface area contributed by atoms with Gasteiger partial charge in [-0.05, 0) is 56.4 Å². The summed E-state index contributed by atoms with van der Waals surface area (Å²) in [4.78, 5) is 15.1. The van der Waals surface area contributed by atoms with E-state index in [9.17, 15) is 0 Å². The van der Waals surface area contributed by atoms with E-state index in [1.54, 1.807) is 0 Å². The van der Waals surface area contributed by atoms with Gasteiger partial charge < -0.3 is 4.42 Å². The molecule has 0 fully saturated rings. The van der Waals surface area contributed by atoms with Gasteiger partial charge >= 0.3 is 0 Å². The summed E-state index contributed by atoms with van der Waals surface area (Å²) in [6.07, 6.45) is 0.500. The first kappa shape index (κ1) is 26.3. The molecule has 0 aliphatic rings. The Hall–Kier alpha value is -6.13. The van der Waals surface area contributed by atoms with Gasteiger partial charge in [0.05, 0.1) is 0 Å². The van der Waals surface area contributed by atoms with E-state index in [1.807, 2.05) is 72.8 Å². The number of hydrogen-bond acceptors (Lipinski definition) is 4. The van der Waals surface area contributed by atoms with Crippen molar-refractivity contribution in [1.29, 1.82) is 0 Å². The van der Waals surface area contributed by atoms with Gasteiger partial charge in [-0.1, -0.05) is 133 Å². The Morgan fingerprint density at radius 1 is 0.435 bits per heavy atom. The highest BCUT2D eigenvalue weighted by molar-refractivity contribution is 6.16. The fraction of sp³-hybridized carbons (Fsp3) is 0.0238. The number of benzene rings is 7. The third-order valence-corrected chi connectivity index (χ3v) is 8.79. The molecule has 2 aromatic heterocycles. The second-order valence-electron chi connectivity index (χ2n) is 11.6. The van der Waals surface area contributed by atoms with Crippen LogP contribution >= 0.6 is 0 Å². The Kier molecular flexibility index (Phi) is 6.17. The van der Waals surface area contributed by atoms with Crippen LogP contribution in [0.1, 0.15) is 11.4 Å². The maximum absolute atomic E-state index is 6.41. The SMILES string of the molecule is c1ccc(-c2nc(Cc3c(-c4cc5ccccc5c5ccccc45)ccc4oc5ccccc5c34)nc(-c3ccccc3)n2)cc1. The summed E-state index contributed by atoms with van der Waals surface area (Å²) in [6, 6.07) is 52.5. The molecule has 0 atom stereocenters. The van der Waals surface area contributed by atoms with Crippen molar-refractivity contribution < 1.29 is 4.42 Å². The van der Waals surface area contributed by atoms with Gasteiger partial charge in [0.2, 0.25) is 0 Å². The number of nitrogens with zero attached hydrogens (tertiary/aromatic N) is 3. The van der Waals surface area contributed by atoms with E-state index in [4.69, 9.17) is 19.4 Å². The zero-order valence-corrected chi connectivity index (χ0v) is 24.9. The summed E-state index contributed by atoms with van der Waals surface area (Å²) in [5, 5.41) is 7.07. The van der Waals surface area contributed by atoms with Crippen molar-refractivity contribution in [2.75, 3.05) is 0 Å². The third-order valence-electron chi connectivity index (χ3n) is 8.79. The van der Waals surface area contributed by atoms with Crippen LogP contribution in [-0.2, 0) is 6.42 Å². The van der Waals surface area contributed by atoms with Gasteiger partial charge in [-0.15, -0.1) is 0 Å². The monoisotopic (exact) mass is 589 g/mol. The van der Waals surface area contributed by atoms with Crippen LogP contribution < -0.4 is 0 Å². The normalized spacial score (nSPS) is 11.6. The van der Waals surface area contributed by atoms with E-state index >= 15 is 0 Å². The molecule has 9 aromatic rings. The molecule has 0 saturated carbocycles. The number of aromatic nitrogens is 3. The van der Waals surface area contributed by atoms with E-state index in [1.165, 1.54) is 27.1 Å². The molecule has 216 valence electrons. The van der Waals surface area contributed by atoms with Crippen LogP contribution in [-0.4, -0.2) is 15.0 Å². The highest BCUT2D eigenvalue weighted by atomic mass is 16.3. The number of rotatable bonds is 5. The van der Waals surface area contributed by atoms with Crippen LogP contribution in [0.5, 0.6) is 0 Å². The number of hydrogen-bond donors (Lipinski definition) is 0. The van der Waals surface area contributed by atoms with Crippen LogP contribution in [0, 0.1) is 0 Å². The smallest absolute Gasteiger partial charge is 0.163 e. The molecular formula is C42H27N3O. The second-order valence-corrected chi connectivity index (χ2v) is 11.6. The lowest BCUT2D eigenvalue weighted by Crippen LogP contribution is -2.05. The first-order chi connectivity index (χ1) is 22.8. The summed E-state index contributed by atoms with van der Waals surface area (Å²) in [5.41, 5.74) is 7.08. The maximum atomic E-state index is 6.41. The molecule has 4 heteroatoms. The van der Waals surface area contributed by atoms with Crippen LogP contribution in [0.25, 0.3) is 77.4 Å². The fourth-order valence-electron chi connectivity index (χ4n) is 6.69. The quantitative estimate of drug-likeness (QED) is 0.187. The summed E-state index contributed by atoms with van der Waals surface area (Å²) in [6.45, 7) is 0. The van der Waals surface area contributed by atoms with E-state index in [0.717, 1.165) is 44.2 Å². The van der Waals surface area contributed by atoms with Gasteiger partial charge in [-0.2, -0.15) is 0 Å². The first-order valence-electron chi connectivity index (χ1n) is 15.5. The molecular weight excluding hydrogens is 562 g/mol. The Bertz CT molecular complexity index is 2500. The molecule has 0 unspecified atom stereocenters. The molecule has 0 amide bonds. The molecule has 46 heavy (non-hydrogen) atoms. The van der Waals surface area contributed by atoms with E-state index in [2.05, 4.69) is 78.9 Å². The van der Waals surface area contributed by atoms with Crippen molar-refractivity contribution in [2.45, 2.75) is 6.42 Å².